The largest absolute Gasteiger partial charge is 0.416 e. The molecule has 4 amide bonds. The highest BCUT2D eigenvalue weighted by molar-refractivity contribution is 6.34. The van der Waals surface area contributed by atoms with Gasteiger partial charge in [-0.1, -0.05) is 35.6 Å². The summed E-state index contributed by atoms with van der Waals surface area (Å²) in [6.45, 7) is 1.32. The lowest BCUT2D eigenvalue weighted by molar-refractivity contribution is -0.137. The van der Waals surface area contributed by atoms with Crippen LogP contribution in [0.25, 0.3) is 10.8 Å². The molecule has 1 aliphatic carbocycles. The summed E-state index contributed by atoms with van der Waals surface area (Å²) in [6.07, 6.45) is 1.00. The molecular weight excluding hydrogens is 673 g/mol. The topological polar surface area (TPSA) is 117 Å². The third-order valence-electron chi connectivity index (χ3n) is 10.0. The summed E-state index contributed by atoms with van der Waals surface area (Å²) in [5.41, 5.74) is 0.976. The van der Waals surface area contributed by atoms with Crippen LogP contribution in [0.4, 0.5) is 30.2 Å². The molecule has 3 aliphatic heterocycles. The number of carbonyl (C=O) groups is 4. The Hall–Kier alpha value is -5.35. The van der Waals surface area contributed by atoms with Crippen molar-refractivity contribution in [2.45, 2.75) is 49.9 Å². The third-order valence-corrected chi connectivity index (χ3v) is 10.4. The van der Waals surface area contributed by atoms with Crippen molar-refractivity contribution in [3.8, 4) is 11.8 Å². The smallest absolute Gasteiger partial charge is 0.368 e. The molecule has 8 rings (SSSR count). The molecule has 10 nitrogen and oxygen atoms in total. The maximum atomic E-state index is 13.5. The number of rotatable bonds is 5. The Morgan fingerprint density at radius 1 is 1.06 bits per heavy atom. The zero-order valence-corrected chi connectivity index (χ0v) is 27.1. The number of nitrogens with one attached hydrogen (secondary N) is 2. The van der Waals surface area contributed by atoms with Crippen LogP contribution < -0.4 is 20.4 Å². The van der Waals surface area contributed by atoms with Crippen LogP contribution in [0.15, 0.2) is 60.9 Å². The Morgan fingerprint density at radius 3 is 2.54 bits per heavy atom. The Balaban J connectivity index is 0.953. The minimum Gasteiger partial charge on any atom is -0.368 e. The van der Waals surface area contributed by atoms with E-state index in [-0.39, 0.29) is 41.3 Å². The van der Waals surface area contributed by atoms with Crippen molar-refractivity contribution in [2.75, 3.05) is 28.2 Å². The highest BCUT2D eigenvalue weighted by atomic mass is 35.5. The van der Waals surface area contributed by atoms with Gasteiger partial charge in [0.15, 0.2) is 0 Å². The number of hydrogen-bond acceptors (Lipinski definition) is 6. The first-order valence-electron chi connectivity index (χ1n) is 16.2. The van der Waals surface area contributed by atoms with Crippen LogP contribution in [-0.2, 0) is 26.1 Å². The molecule has 1 saturated carbocycles. The predicted octanol–water partition coefficient (Wildman–Crippen LogP) is 5.48. The Kier molecular flexibility index (Phi) is 7.41. The first kappa shape index (κ1) is 31.9. The van der Waals surface area contributed by atoms with Crippen LogP contribution in [0.2, 0.25) is 5.02 Å². The SMILES string of the molecule is O=C1CCC(N2C(=O)c3cccc4c(N5CC(C#Cc6cnn(C7(C(=O)Nc8ccc(C(F)(F)F)cc8Cl)CCC7)c6)C5)ccc2c34)C(=O)N1. The summed E-state index contributed by atoms with van der Waals surface area (Å²) in [7, 11) is 0. The van der Waals surface area contributed by atoms with Gasteiger partial charge in [0.25, 0.3) is 11.8 Å². The van der Waals surface area contributed by atoms with E-state index < -0.39 is 35.1 Å². The zero-order chi connectivity index (χ0) is 34.9. The van der Waals surface area contributed by atoms with Crippen molar-refractivity contribution >= 4 is 63.1 Å². The van der Waals surface area contributed by atoms with E-state index in [1.54, 1.807) is 23.1 Å². The zero-order valence-electron chi connectivity index (χ0n) is 26.3. The number of imide groups is 1. The fourth-order valence-corrected chi connectivity index (χ4v) is 7.41. The molecule has 0 spiro atoms. The van der Waals surface area contributed by atoms with Crippen LogP contribution in [0.5, 0.6) is 0 Å². The maximum absolute atomic E-state index is 13.5. The van der Waals surface area contributed by atoms with Crippen molar-refractivity contribution in [1.82, 2.24) is 15.1 Å². The minimum absolute atomic E-state index is 0.0609. The molecule has 0 bridgehead atoms. The van der Waals surface area contributed by atoms with E-state index in [0.29, 0.717) is 42.7 Å². The van der Waals surface area contributed by atoms with E-state index in [4.69, 9.17) is 11.6 Å². The van der Waals surface area contributed by atoms with Crippen LogP contribution in [-0.4, -0.2) is 52.5 Å². The summed E-state index contributed by atoms with van der Waals surface area (Å²) in [6, 6.07) is 11.4. The first-order valence-corrected chi connectivity index (χ1v) is 16.5. The van der Waals surface area contributed by atoms with Gasteiger partial charge in [-0.05, 0) is 62.1 Å². The van der Waals surface area contributed by atoms with E-state index in [0.717, 1.165) is 41.1 Å². The second-order valence-electron chi connectivity index (χ2n) is 13.1. The van der Waals surface area contributed by atoms with E-state index in [1.807, 2.05) is 24.3 Å². The molecule has 2 saturated heterocycles. The number of anilines is 3. The normalized spacial score (nSPS) is 19.8. The number of aromatic nitrogens is 2. The second-order valence-corrected chi connectivity index (χ2v) is 13.5. The van der Waals surface area contributed by atoms with Gasteiger partial charge in [-0.15, -0.1) is 0 Å². The first-order chi connectivity index (χ1) is 23.9. The number of alkyl halides is 3. The molecule has 0 radical (unpaired) electrons. The number of halogens is 4. The van der Waals surface area contributed by atoms with Gasteiger partial charge in [-0.2, -0.15) is 18.3 Å². The van der Waals surface area contributed by atoms with Crippen LogP contribution in [0.3, 0.4) is 0 Å². The van der Waals surface area contributed by atoms with Gasteiger partial charge in [0.1, 0.15) is 11.6 Å². The van der Waals surface area contributed by atoms with Gasteiger partial charge in [-0.3, -0.25) is 34.1 Å². The number of amides is 4. The number of carbonyl (C=O) groups excluding carboxylic acids is 4. The predicted molar refractivity (Wildman–Crippen MR) is 179 cm³/mol. The number of nitrogens with zero attached hydrogens (tertiary/aromatic N) is 4. The molecule has 2 N–H and O–H groups in total. The number of hydrogen-bond donors (Lipinski definition) is 2. The van der Waals surface area contributed by atoms with Gasteiger partial charge in [0, 0.05) is 47.7 Å². The summed E-state index contributed by atoms with van der Waals surface area (Å²) in [4.78, 5) is 54.9. The van der Waals surface area contributed by atoms with Gasteiger partial charge in [0.05, 0.1) is 39.6 Å². The monoisotopic (exact) mass is 700 g/mol. The fraction of sp³-hybridized carbons (Fsp3) is 0.306. The highest BCUT2D eigenvalue weighted by Gasteiger charge is 2.47. The second kappa shape index (κ2) is 11.6. The third kappa shape index (κ3) is 5.17. The lowest BCUT2D eigenvalue weighted by Crippen LogP contribution is -2.53. The molecule has 14 heteroatoms. The number of piperidine rings is 1. The highest BCUT2D eigenvalue weighted by Crippen LogP contribution is 2.45. The number of benzene rings is 3. The van der Waals surface area contributed by atoms with E-state index in [9.17, 15) is 32.3 Å². The fourth-order valence-electron chi connectivity index (χ4n) is 7.18. The Bertz CT molecular complexity index is 2190. The van der Waals surface area contributed by atoms with Gasteiger partial charge in [-0.25, -0.2) is 0 Å². The molecule has 3 fully saturated rings. The molecular formula is C36H28ClF3N6O4. The molecule has 1 atom stereocenters. The van der Waals surface area contributed by atoms with Gasteiger partial charge < -0.3 is 10.2 Å². The molecule has 254 valence electrons. The average Bonchev–Trinajstić information content (AvgIpc) is 3.61. The van der Waals surface area contributed by atoms with Crippen molar-refractivity contribution < 1.29 is 32.3 Å². The maximum Gasteiger partial charge on any atom is 0.416 e. The van der Waals surface area contributed by atoms with Gasteiger partial charge in [0.2, 0.25) is 11.8 Å². The average molecular weight is 701 g/mol. The molecule has 4 aliphatic rings. The summed E-state index contributed by atoms with van der Waals surface area (Å²) in [5, 5.41) is 10.9. The Morgan fingerprint density at radius 2 is 1.84 bits per heavy atom. The summed E-state index contributed by atoms with van der Waals surface area (Å²) in [5.74, 6) is 5.05. The van der Waals surface area contributed by atoms with Crippen molar-refractivity contribution in [3.05, 3.63) is 82.6 Å². The van der Waals surface area contributed by atoms with E-state index in [2.05, 4.69) is 32.5 Å². The van der Waals surface area contributed by atoms with Crippen molar-refractivity contribution in [2.24, 2.45) is 5.92 Å². The quantitative estimate of drug-likeness (QED) is 0.211. The van der Waals surface area contributed by atoms with Crippen LogP contribution >= 0.6 is 11.6 Å². The van der Waals surface area contributed by atoms with Crippen LogP contribution in [0.1, 0.15) is 53.6 Å². The molecule has 4 heterocycles. The lowest BCUT2D eigenvalue weighted by atomic mass is 9.76. The van der Waals surface area contributed by atoms with Crippen molar-refractivity contribution in [1.29, 1.82) is 0 Å². The lowest BCUT2D eigenvalue weighted by Gasteiger charge is -2.40. The van der Waals surface area contributed by atoms with E-state index in [1.165, 1.54) is 4.90 Å². The summed E-state index contributed by atoms with van der Waals surface area (Å²) >= 11 is 6.08. The van der Waals surface area contributed by atoms with Crippen molar-refractivity contribution in [3.63, 3.8) is 0 Å². The van der Waals surface area contributed by atoms with Crippen LogP contribution in [0, 0.1) is 17.8 Å². The Labute approximate surface area is 288 Å². The molecule has 4 aromatic rings. The molecule has 50 heavy (non-hydrogen) atoms. The van der Waals surface area contributed by atoms with Gasteiger partial charge >= 0.3 is 6.18 Å². The molecule has 1 unspecified atom stereocenters. The minimum atomic E-state index is -4.55. The molecule has 1 aromatic heterocycles. The summed E-state index contributed by atoms with van der Waals surface area (Å²) < 4.78 is 40.7. The van der Waals surface area contributed by atoms with E-state index >= 15 is 0 Å². The molecule has 3 aromatic carbocycles. The standard InChI is InChI=1S/C36H28ClF3N6O4/c37-25-15-22(36(38,39)40)7-8-26(25)42-34(50)35(13-2-14-35)45-19-20(16-41-45)5-6-21-17-44(18-21)27-9-10-28-31-23(27)3-1-4-24(31)33(49)46(28)29-11-12-30(47)43-32(29)48/h1,3-4,7-10,15-16,19,21,29H,2,11-14,17-18H2,(H,42,50)(H,43,47,48).